The molecule has 0 saturated heterocycles. The first kappa shape index (κ1) is 15.6. The fraction of sp³-hybridized carbons (Fsp3) is 0.200. The van der Waals surface area contributed by atoms with Crippen molar-refractivity contribution in [3.05, 3.63) is 46.8 Å². The molecule has 0 spiro atoms. The van der Waals surface area contributed by atoms with Gasteiger partial charge in [0.05, 0.1) is 0 Å². The van der Waals surface area contributed by atoms with Crippen molar-refractivity contribution >= 4 is 27.0 Å². The summed E-state index contributed by atoms with van der Waals surface area (Å²) in [7, 11) is -3.54. The van der Waals surface area contributed by atoms with Crippen LogP contribution in [0.25, 0.3) is 0 Å². The number of anilines is 1. The number of benzene rings is 1. The summed E-state index contributed by atoms with van der Waals surface area (Å²) in [5.41, 5.74) is 1.20. The number of sulfonamides is 1. The van der Waals surface area contributed by atoms with E-state index in [2.05, 4.69) is 16.6 Å². The van der Waals surface area contributed by atoms with E-state index in [1.807, 2.05) is 13.0 Å². The molecule has 110 valence electrons. The van der Waals surface area contributed by atoms with Crippen molar-refractivity contribution in [2.75, 3.05) is 11.3 Å². The number of hydrogen-bond donors (Lipinski definition) is 2. The van der Waals surface area contributed by atoms with Crippen LogP contribution in [0.5, 0.6) is 0 Å². The van der Waals surface area contributed by atoms with Crippen LogP contribution in [0.4, 0.5) is 5.69 Å². The molecule has 1 aromatic carbocycles. The Balaban J connectivity index is 2.16. The topological polar surface area (TPSA) is 66.4 Å². The lowest BCUT2D eigenvalue weighted by molar-refractivity contribution is 0.350. The SMILES string of the molecule is CCc1ccc(S(=O)(=O)Nc2ccc(C#CCO)cc2)s1. The van der Waals surface area contributed by atoms with Gasteiger partial charge in [-0.15, -0.1) is 11.3 Å². The summed E-state index contributed by atoms with van der Waals surface area (Å²) in [6.45, 7) is 1.79. The minimum Gasteiger partial charge on any atom is -0.384 e. The highest BCUT2D eigenvalue weighted by molar-refractivity contribution is 7.94. The van der Waals surface area contributed by atoms with Crippen molar-refractivity contribution in [1.29, 1.82) is 0 Å². The maximum absolute atomic E-state index is 12.2. The Morgan fingerprint density at radius 3 is 2.48 bits per heavy atom. The molecule has 2 rings (SSSR count). The molecular weight excluding hydrogens is 306 g/mol. The first-order valence-corrected chi connectivity index (χ1v) is 8.66. The van der Waals surface area contributed by atoms with E-state index in [4.69, 9.17) is 5.11 Å². The van der Waals surface area contributed by atoms with Gasteiger partial charge >= 0.3 is 0 Å². The van der Waals surface area contributed by atoms with E-state index in [-0.39, 0.29) is 6.61 Å². The second-order valence-corrected chi connectivity index (χ2v) is 7.29. The molecule has 0 radical (unpaired) electrons. The van der Waals surface area contributed by atoms with Gasteiger partial charge in [0.25, 0.3) is 10.0 Å². The monoisotopic (exact) mass is 321 g/mol. The van der Waals surface area contributed by atoms with Crippen LogP contribution in [-0.2, 0) is 16.4 Å². The summed E-state index contributed by atoms with van der Waals surface area (Å²) in [5.74, 6) is 5.29. The number of aliphatic hydroxyl groups excluding tert-OH is 1. The third kappa shape index (κ3) is 4.08. The molecule has 0 amide bonds. The van der Waals surface area contributed by atoms with E-state index in [1.165, 1.54) is 11.3 Å². The minimum atomic E-state index is -3.54. The molecule has 0 saturated carbocycles. The Morgan fingerprint density at radius 2 is 1.90 bits per heavy atom. The van der Waals surface area contributed by atoms with Crippen molar-refractivity contribution in [2.24, 2.45) is 0 Å². The van der Waals surface area contributed by atoms with Gasteiger partial charge in [-0.25, -0.2) is 8.42 Å². The maximum Gasteiger partial charge on any atom is 0.271 e. The Morgan fingerprint density at radius 1 is 1.19 bits per heavy atom. The van der Waals surface area contributed by atoms with Crippen molar-refractivity contribution in [3.8, 4) is 11.8 Å². The van der Waals surface area contributed by atoms with Crippen molar-refractivity contribution < 1.29 is 13.5 Å². The Bertz CT molecular complexity index is 765. The lowest BCUT2D eigenvalue weighted by Gasteiger charge is -2.06. The number of aliphatic hydroxyl groups is 1. The molecule has 0 aliphatic rings. The van der Waals surface area contributed by atoms with Crippen molar-refractivity contribution in [2.45, 2.75) is 17.6 Å². The minimum absolute atomic E-state index is 0.202. The molecule has 2 aromatic rings. The van der Waals surface area contributed by atoms with Crippen LogP contribution in [0.15, 0.2) is 40.6 Å². The summed E-state index contributed by atoms with van der Waals surface area (Å²) in [5, 5.41) is 8.62. The van der Waals surface area contributed by atoms with Gasteiger partial charge in [0.2, 0.25) is 0 Å². The molecule has 0 aliphatic carbocycles. The van der Waals surface area contributed by atoms with E-state index < -0.39 is 10.0 Å². The number of hydrogen-bond acceptors (Lipinski definition) is 4. The van der Waals surface area contributed by atoms with Gasteiger partial charge in [-0.05, 0) is 42.8 Å². The first-order valence-electron chi connectivity index (χ1n) is 6.36. The molecule has 0 atom stereocenters. The predicted molar refractivity (Wildman–Crippen MR) is 84.9 cm³/mol. The van der Waals surface area contributed by atoms with Crippen molar-refractivity contribution in [1.82, 2.24) is 0 Å². The smallest absolute Gasteiger partial charge is 0.271 e. The van der Waals surface area contributed by atoms with E-state index in [0.717, 1.165) is 16.9 Å². The molecule has 0 bridgehead atoms. The standard InChI is InChI=1S/C15H15NO3S2/c1-2-14-9-10-15(20-14)21(18,19)16-13-7-5-12(6-8-13)4-3-11-17/h5-10,16-17H,2,11H2,1H3. The normalized spacial score (nSPS) is 10.8. The lowest BCUT2D eigenvalue weighted by Crippen LogP contribution is -2.11. The van der Waals surface area contributed by atoms with Crippen LogP contribution in [0.2, 0.25) is 0 Å². The van der Waals surface area contributed by atoms with Crippen molar-refractivity contribution in [3.63, 3.8) is 0 Å². The fourth-order valence-electron chi connectivity index (χ4n) is 1.66. The van der Waals surface area contributed by atoms with Gasteiger partial charge in [-0.2, -0.15) is 0 Å². The van der Waals surface area contributed by atoms with Gasteiger partial charge < -0.3 is 5.11 Å². The zero-order chi connectivity index (χ0) is 15.3. The lowest BCUT2D eigenvalue weighted by atomic mass is 10.2. The van der Waals surface area contributed by atoms with Crippen LogP contribution in [0.1, 0.15) is 17.4 Å². The third-order valence-electron chi connectivity index (χ3n) is 2.70. The second kappa shape index (κ2) is 6.76. The summed E-state index contributed by atoms with van der Waals surface area (Å²) in [6, 6.07) is 10.1. The van der Waals surface area contributed by atoms with E-state index >= 15 is 0 Å². The van der Waals surface area contributed by atoms with Gasteiger partial charge in [-0.1, -0.05) is 18.8 Å². The number of aryl methyl sites for hydroxylation is 1. The van der Waals surface area contributed by atoms with Gasteiger partial charge in [0.15, 0.2) is 0 Å². The highest BCUT2D eigenvalue weighted by atomic mass is 32.2. The first-order chi connectivity index (χ1) is 10.0. The summed E-state index contributed by atoms with van der Waals surface area (Å²) >= 11 is 1.27. The molecule has 2 N–H and O–H groups in total. The number of rotatable bonds is 4. The summed E-state index contributed by atoms with van der Waals surface area (Å²) < 4.78 is 27.3. The maximum atomic E-state index is 12.2. The van der Waals surface area contributed by atoms with Crippen LogP contribution in [0, 0.1) is 11.8 Å². The Labute approximate surface area is 128 Å². The molecule has 0 aliphatic heterocycles. The zero-order valence-electron chi connectivity index (χ0n) is 11.5. The molecule has 4 nitrogen and oxygen atoms in total. The highest BCUT2D eigenvalue weighted by Gasteiger charge is 2.16. The van der Waals surface area contributed by atoms with Crippen LogP contribution >= 0.6 is 11.3 Å². The highest BCUT2D eigenvalue weighted by Crippen LogP contribution is 2.24. The van der Waals surface area contributed by atoms with Crippen LogP contribution in [-0.4, -0.2) is 20.1 Å². The third-order valence-corrected chi connectivity index (χ3v) is 5.80. The second-order valence-electron chi connectivity index (χ2n) is 4.22. The molecule has 1 heterocycles. The average Bonchev–Trinajstić information content (AvgIpc) is 2.96. The Hall–Kier alpha value is -1.81. The molecule has 0 fully saturated rings. The van der Waals surface area contributed by atoms with Gasteiger partial charge in [-0.3, -0.25) is 4.72 Å². The average molecular weight is 321 g/mol. The van der Waals surface area contributed by atoms with Crippen LogP contribution in [0.3, 0.4) is 0 Å². The largest absolute Gasteiger partial charge is 0.384 e. The van der Waals surface area contributed by atoms with E-state index in [9.17, 15) is 8.42 Å². The Kier molecular flexibility index (Phi) is 5.02. The van der Waals surface area contributed by atoms with E-state index in [0.29, 0.717) is 9.90 Å². The predicted octanol–water partition coefficient (Wildman–Crippen LogP) is 2.46. The van der Waals surface area contributed by atoms with Crippen LogP contribution < -0.4 is 4.72 Å². The molecule has 6 heteroatoms. The number of thiophene rings is 1. The summed E-state index contributed by atoms with van der Waals surface area (Å²) in [4.78, 5) is 1.03. The fourth-order valence-corrected chi connectivity index (χ4v) is 4.02. The summed E-state index contributed by atoms with van der Waals surface area (Å²) in [6.07, 6.45) is 0.818. The molecular formula is C15H15NO3S2. The van der Waals surface area contributed by atoms with Gasteiger partial charge in [0, 0.05) is 16.1 Å². The quantitative estimate of drug-likeness (QED) is 0.850. The molecule has 0 unspecified atom stereocenters. The molecule has 21 heavy (non-hydrogen) atoms. The zero-order valence-corrected chi connectivity index (χ0v) is 13.1. The number of nitrogens with one attached hydrogen (secondary N) is 1. The van der Waals surface area contributed by atoms with Gasteiger partial charge in [0.1, 0.15) is 10.8 Å². The van der Waals surface area contributed by atoms with E-state index in [1.54, 1.807) is 30.3 Å². The molecule has 1 aromatic heterocycles.